The first-order chi connectivity index (χ1) is 12.3. The largest absolute Gasteiger partial charge is 0.489 e. The van der Waals surface area contributed by atoms with Crippen molar-refractivity contribution in [1.82, 2.24) is 4.90 Å². The average molecular weight is 371 g/mol. The van der Waals surface area contributed by atoms with Gasteiger partial charge in [0, 0.05) is 7.05 Å². The van der Waals surface area contributed by atoms with Crippen LogP contribution in [0.15, 0.2) is 48.5 Å². The lowest BCUT2D eigenvalue weighted by atomic mass is 10.2. The Morgan fingerprint density at radius 1 is 1.08 bits per heavy atom. The normalized spacial score (nSPS) is 11.1. The highest BCUT2D eigenvalue weighted by molar-refractivity contribution is 5.77. The molecule has 0 N–H and O–H groups in total. The number of ether oxygens (including phenoxy) is 2. The summed E-state index contributed by atoms with van der Waals surface area (Å²) in [6.07, 6.45) is -4.48. The molecule has 0 spiro atoms. The Labute approximate surface area is 147 Å². The first-order valence-electron chi connectivity index (χ1n) is 7.68. The van der Waals surface area contributed by atoms with E-state index in [9.17, 15) is 22.4 Å². The Bertz CT molecular complexity index is 749. The zero-order valence-corrected chi connectivity index (χ0v) is 13.9. The summed E-state index contributed by atoms with van der Waals surface area (Å²) in [6.45, 7) is -0.191. The minimum Gasteiger partial charge on any atom is -0.489 e. The quantitative estimate of drug-likeness (QED) is 0.696. The van der Waals surface area contributed by atoms with Crippen molar-refractivity contribution >= 4 is 5.91 Å². The van der Waals surface area contributed by atoms with E-state index in [1.807, 2.05) is 0 Å². The predicted molar refractivity (Wildman–Crippen MR) is 86.5 cm³/mol. The number of halogens is 4. The summed E-state index contributed by atoms with van der Waals surface area (Å²) in [5.74, 6) is -0.924. The van der Waals surface area contributed by atoms with Gasteiger partial charge in [0.1, 0.15) is 12.4 Å². The van der Waals surface area contributed by atoms with Gasteiger partial charge in [0.15, 0.2) is 18.2 Å². The highest BCUT2D eigenvalue weighted by atomic mass is 19.4. The molecule has 0 saturated heterocycles. The summed E-state index contributed by atoms with van der Waals surface area (Å²) in [7, 11) is 1.49. The number of amides is 1. The van der Waals surface area contributed by atoms with E-state index in [0.717, 1.165) is 12.1 Å². The zero-order chi connectivity index (χ0) is 19.2. The van der Waals surface area contributed by atoms with Gasteiger partial charge in [0.05, 0.1) is 12.1 Å². The molecular weight excluding hydrogens is 354 g/mol. The minimum absolute atomic E-state index is 0.0517. The fourth-order valence-electron chi connectivity index (χ4n) is 2.00. The summed E-state index contributed by atoms with van der Waals surface area (Å²) in [4.78, 5) is 13.2. The van der Waals surface area contributed by atoms with E-state index < -0.39 is 30.1 Å². The molecule has 1 amide bonds. The summed E-state index contributed by atoms with van der Waals surface area (Å²) in [6, 6.07) is 10.2. The molecule has 4 nitrogen and oxygen atoms in total. The highest BCUT2D eigenvalue weighted by Crippen LogP contribution is 2.31. The summed E-state index contributed by atoms with van der Waals surface area (Å²) in [5.41, 5.74) is -0.853. The highest BCUT2D eigenvalue weighted by Gasteiger charge is 2.30. The number of hydrogen-bond acceptors (Lipinski definition) is 3. The third-order valence-corrected chi connectivity index (χ3v) is 3.47. The van der Waals surface area contributed by atoms with E-state index in [2.05, 4.69) is 0 Å². The minimum atomic E-state index is -4.48. The van der Waals surface area contributed by atoms with Gasteiger partial charge < -0.3 is 14.4 Å². The van der Waals surface area contributed by atoms with Crippen LogP contribution in [0.5, 0.6) is 11.5 Å². The zero-order valence-electron chi connectivity index (χ0n) is 13.9. The maximum atomic E-state index is 13.4. The van der Waals surface area contributed by atoms with E-state index in [-0.39, 0.29) is 24.7 Å². The fourth-order valence-corrected chi connectivity index (χ4v) is 2.00. The first kappa shape index (κ1) is 19.6. The molecule has 2 aromatic carbocycles. The second-order valence-corrected chi connectivity index (χ2v) is 5.41. The number of benzene rings is 2. The smallest absolute Gasteiger partial charge is 0.416 e. The Hall–Kier alpha value is -2.77. The van der Waals surface area contributed by atoms with Gasteiger partial charge in [-0.25, -0.2) is 4.39 Å². The molecule has 0 heterocycles. The molecule has 0 unspecified atom stereocenters. The number of carbonyl (C=O) groups is 1. The van der Waals surface area contributed by atoms with Gasteiger partial charge in [0.2, 0.25) is 0 Å². The average Bonchev–Trinajstić information content (AvgIpc) is 2.60. The van der Waals surface area contributed by atoms with Crippen molar-refractivity contribution < 1.29 is 31.8 Å². The Kier molecular flexibility index (Phi) is 6.43. The van der Waals surface area contributed by atoms with Gasteiger partial charge in [0.25, 0.3) is 5.91 Å². The maximum absolute atomic E-state index is 13.4. The molecule has 0 atom stereocenters. The van der Waals surface area contributed by atoms with Gasteiger partial charge in [-0.1, -0.05) is 18.2 Å². The molecule has 140 valence electrons. The van der Waals surface area contributed by atoms with Crippen molar-refractivity contribution in [3.8, 4) is 11.5 Å². The SMILES string of the molecule is CN(CCOc1ccccc1F)C(=O)COc1cccc(C(F)(F)F)c1. The van der Waals surface area contributed by atoms with Crippen LogP contribution in [0.3, 0.4) is 0 Å². The molecule has 0 aliphatic carbocycles. The molecule has 0 aromatic heterocycles. The lowest BCUT2D eigenvalue weighted by Gasteiger charge is -2.18. The third-order valence-electron chi connectivity index (χ3n) is 3.47. The molecule has 2 aromatic rings. The number of carbonyl (C=O) groups excluding carboxylic acids is 1. The maximum Gasteiger partial charge on any atom is 0.416 e. The topological polar surface area (TPSA) is 38.8 Å². The monoisotopic (exact) mass is 371 g/mol. The lowest BCUT2D eigenvalue weighted by Crippen LogP contribution is -2.34. The molecule has 0 fully saturated rings. The second-order valence-electron chi connectivity index (χ2n) is 5.41. The van der Waals surface area contributed by atoms with Gasteiger partial charge in [-0.3, -0.25) is 4.79 Å². The molecule has 0 saturated carbocycles. The molecule has 0 radical (unpaired) electrons. The van der Waals surface area contributed by atoms with Crippen molar-refractivity contribution in [3.63, 3.8) is 0 Å². The Morgan fingerprint density at radius 3 is 2.50 bits per heavy atom. The van der Waals surface area contributed by atoms with Gasteiger partial charge >= 0.3 is 6.18 Å². The third kappa shape index (κ3) is 5.65. The van der Waals surface area contributed by atoms with Crippen LogP contribution in [-0.4, -0.2) is 37.6 Å². The number of likely N-dealkylation sites (N-methyl/N-ethyl adjacent to an activating group) is 1. The molecule has 2 rings (SSSR count). The van der Waals surface area contributed by atoms with Crippen LogP contribution in [0.4, 0.5) is 17.6 Å². The Morgan fingerprint density at radius 2 is 1.81 bits per heavy atom. The van der Waals surface area contributed by atoms with Gasteiger partial charge in [-0.15, -0.1) is 0 Å². The lowest BCUT2D eigenvalue weighted by molar-refractivity contribution is -0.137. The fraction of sp³-hybridized carbons (Fsp3) is 0.278. The van der Waals surface area contributed by atoms with Crippen molar-refractivity contribution in [3.05, 3.63) is 59.9 Å². The van der Waals surface area contributed by atoms with Crippen LogP contribution >= 0.6 is 0 Å². The predicted octanol–water partition coefficient (Wildman–Crippen LogP) is 3.76. The second kappa shape index (κ2) is 8.55. The van der Waals surface area contributed by atoms with Gasteiger partial charge in [-0.2, -0.15) is 13.2 Å². The van der Waals surface area contributed by atoms with E-state index >= 15 is 0 Å². The van der Waals surface area contributed by atoms with E-state index in [4.69, 9.17) is 9.47 Å². The van der Waals surface area contributed by atoms with Crippen molar-refractivity contribution in [2.24, 2.45) is 0 Å². The molecule has 8 heteroatoms. The van der Waals surface area contributed by atoms with Crippen LogP contribution in [-0.2, 0) is 11.0 Å². The summed E-state index contributed by atoms with van der Waals surface area (Å²) < 4.78 is 61.6. The van der Waals surface area contributed by atoms with Crippen LogP contribution < -0.4 is 9.47 Å². The number of nitrogens with zero attached hydrogens (tertiary/aromatic N) is 1. The molecule has 0 aliphatic rings. The molecule has 26 heavy (non-hydrogen) atoms. The summed E-state index contributed by atoms with van der Waals surface area (Å²) in [5, 5.41) is 0. The van der Waals surface area contributed by atoms with E-state index in [0.29, 0.717) is 0 Å². The van der Waals surface area contributed by atoms with Crippen LogP contribution in [0.2, 0.25) is 0 Å². The van der Waals surface area contributed by atoms with Crippen molar-refractivity contribution in [1.29, 1.82) is 0 Å². The number of hydrogen-bond donors (Lipinski definition) is 0. The van der Waals surface area contributed by atoms with Crippen molar-refractivity contribution in [2.45, 2.75) is 6.18 Å². The molecular formula is C18H17F4NO3. The van der Waals surface area contributed by atoms with Crippen LogP contribution in [0.25, 0.3) is 0 Å². The van der Waals surface area contributed by atoms with E-state index in [1.54, 1.807) is 6.07 Å². The van der Waals surface area contributed by atoms with Crippen LogP contribution in [0, 0.1) is 5.82 Å². The number of para-hydroxylation sites is 1. The molecule has 0 aliphatic heterocycles. The summed E-state index contributed by atoms with van der Waals surface area (Å²) >= 11 is 0. The molecule has 0 bridgehead atoms. The number of rotatable bonds is 7. The van der Waals surface area contributed by atoms with Gasteiger partial charge in [-0.05, 0) is 30.3 Å². The Balaban J connectivity index is 1.79. The van der Waals surface area contributed by atoms with Crippen LogP contribution in [0.1, 0.15) is 5.56 Å². The van der Waals surface area contributed by atoms with Crippen molar-refractivity contribution in [2.75, 3.05) is 26.8 Å². The van der Waals surface area contributed by atoms with E-state index in [1.165, 1.54) is 42.3 Å². The number of alkyl halides is 3. The first-order valence-corrected chi connectivity index (χ1v) is 7.68. The standard InChI is InChI=1S/C18H17F4NO3/c1-23(9-10-25-16-8-3-2-7-15(16)19)17(24)12-26-14-6-4-5-13(11-14)18(20,21)22/h2-8,11H,9-10,12H2,1H3.